The number of pyridine rings is 1. The molecule has 1 heterocycles. The maximum atomic E-state index is 12.3. The van der Waals surface area contributed by atoms with Crippen LogP contribution in [0.5, 0.6) is 0 Å². The molecule has 8 nitrogen and oxygen atoms in total. The third-order valence-electron chi connectivity index (χ3n) is 4.45. The highest BCUT2D eigenvalue weighted by atomic mass is 32.2. The number of rotatable bonds is 5. The standard InChI is InChI=1S/C20H20N4O4S/c1-12(25)24(17-5-3-4-6-18(17)29(2,27)28)11-13-7-8-14-10-15(20(22)26)19(21)23-16(14)9-13/h3-10H,11H2,1-2H3,(H2,21,23)(H2,22,26). The SMILES string of the molecule is CC(=O)N(Cc1ccc2cc(C(N)=O)c(N)nc2c1)c1ccccc1S(C)(=O)=O. The minimum Gasteiger partial charge on any atom is -0.383 e. The molecule has 0 fully saturated rings. The van der Waals surface area contributed by atoms with Gasteiger partial charge in [-0.15, -0.1) is 0 Å². The number of carbonyl (C=O) groups excluding carboxylic acids is 2. The maximum Gasteiger partial charge on any atom is 0.252 e. The third kappa shape index (κ3) is 4.19. The van der Waals surface area contributed by atoms with E-state index in [9.17, 15) is 18.0 Å². The number of nitrogens with two attached hydrogens (primary N) is 2. The van der Waals surface area contributed by atoms with Gasteiger partial charge in [0.1, 0.15) is 5.82 Å². The van der Waals surface area contributed by atoms with Gasteiger partial charge >= 0.3 is 0 Å². The van der Waals surface area contributed by atoms with Crippen molar-refractivity contribution in [2.75, 3.05) is 16.9 Å². The van der Waals surface area contributed by atoms with Crippen molar-refractivity contribution in [1.82, 2.24) is 4.98 Å². The van der Waals surface area contributed by atoms with Crippen LogP contribution in [0.1, 0.15) is 22.8 Å². The molecule has 29 heavy (non-hydrogen) atoms. The summed E-state index contributed by atoms with van der Waals surface area (Å²) >= 11 is 0. The fourth-order valence-corrected chi connectivity index (χ4v) is 3.95. The van der Waals surface area contributed by atoms with Crippen molar-refractivity contribution < 1.29 is 18.0 Å². The minimum absolute atomic E-state index is 0.0213. The van der Waals surface area contributed by atoms with Gasteiger partial charge < -0.3 is 16.4 Å². The van der Waals surface area contributed by atoms with Gasteiger partial charge in [-0.3, -0.25) is 9.59 Å². The first kappa shape index (κ1) is 20.3. The van der Waals surface area contributed by atoms with Crippen molar-refractivity contribution in [2.45, 2.75) is 18.4 Å². The lowest BCUT2D eigenvalue weighted by Crippen LogP contribution is -2.29. The largest absolute Gasteiger partial charge is 0.383 e. The first-order chi connectivity index (χ1) is 13.6. The molecule has 0 aliphatic heterocycles. The number of anilines is 2. The summed E-state index contributed by atoms with van der Waals surface area (Å²) < 4.78 is 24.3. The molecule has 3 aromatic rings. The van der Waals surface area contributed by atoms with Crippen LogP contribution in [-0.4, -0.2) is 31.5 Å². The average molecular weight is 412 g/mol. The maximum absolute atomic E-state index is 12.3. The van der Waals surface area contributed by atoms with Crippen molar-refractivity contribution >= 4 is 44.1 Å². The Morgan fingerprint density at radius 3 is 2.41 bits per heavy atom. The van der Waals surface area contributed by atoms with E-state index < -0.39 is 15.7 Å². The molecule has 0 spiro atoms. The zero-order valence-electron chi connectivity index (χ0n) is 15.9. The molecule has 0 radical (unpaired) electrons. The molecule has 0 atom stereocenters. The fourth-order valence-electron chi connectivity index (χ4n) is 3.07. The second kappa shape index (κ2) is 7.51. The van der Waals surface area contributed by atoms with Gasteiger partial charge in [0.05, 0.1) is 28.2 Å². The van der Waals surface area contributed by atoms with Crippen molar-refractivity contribution in [3.05, 3.63) is 59.7 Å². The van der Waals surface area contributed by atoms with Crippen molar-refractivity contribution in [2.24, 2.45) is 5.73 Å². The molecular weight excluding hydrogens is 392 g/mol. The summed E-state index contributed by atoms with van der Waals surface area (Å²) in [6.45, 7) is 1.51. The number of fused-ring (bicyclic) bond motifs is 1. The molecule has 4 N–H and O–H groups in total. The molecule has 2 aromatic carbocycles. The second-order valence-electron chi connectivity index (χ2n) is 6.66. The number of hydrogen-bond acceptors (Lipinski definition) is 6. The van der Waals surface area contributed by atoms with E-state index in [0.29, 0.717) is 16.6 Å². The smallest absolute Gasteiger partial charge is 0.252 e. The van der Waals surface area contributed by atoms with Gasteiger partial charge in [0.2, 0.25) is 5.91 Å². The van der Waals surface area contributed by atoms with Gasteiger partial charge in [-0.25, -0.2) is 13.4 Å². The fraction of sp³-hybridized carbons (Fsp3) is 0.150. The molecular formula is C20H20N4O4S. The summed E-state index contributed by atoms with van der Waals surface area (Å²) in [6.07, 6.45) is 1.10. The molecule has 150 valence electrons. The van der Waals surface area contributed by atoms with E-state index in [-0.39, 0.29) is 28.7 Å². The van der Waals surface area contributed by atoms with E-state index in [0.717, 1.165) is 11.8 Å². The van der Waals surface area contributed by atoms with Gasteiger partial charge in [-0.05, 0) is 29.8 Å². The van der Waals surface area contributed by atoms with Crippen molar-refractivity contribution in [1.29, 1.82) is 0 Å². The molecule has 0 saturated carbocycles. The number of benzene rings is 2. The number of amides is 2. The molecule has 1 aromatic heterocycles. The molecule has 0 unspecified atom stereocenters. The Balaban J connectivity index is 2.05. The minimum atomic E-state index is -3.52. The Kier molecular flexibility index (Phi) is 5.25. The van der Waals surface area contributed by atoms with Gasteiger partial charge in [-0.1, -0.05) is 24.3 Å². The summed E-state index contributed by atoms with van der Waals surface area (Å²) in [5.74, 6) is -0.952. The molecule has 0 aliphatic carbocycles. The molecule has 3 rings (SSSR count). The van der Waals surface area contributed by atoms with Gasteiger partial charge in [0, 0.05) is 18.6 Å². The Labute approximate surface area is 168 Å². The third-order valence-corrected chi connectivity index (χ3v) is 5.60. The lowest BCUT2D eigenvalue weighted by Gasteiger charge is -2.23. The highest BCUT2D eigenvalue weighted by Crippen LogP contribution is 2.28. The van der Waals surface area contributed by atoms with E-state index in [4.69, 9.17) is 11.5 Å². The number of nitrogen functional groups attached to an aromatic ring is 1. The highest BCUT2D eigenvalue weighted by Gasteiger charge is 2.21. The second-order valence-corrected chi connectivity index (χ2v) is 8.64. The van der Waals surface area contributed by atoms with Crippen molar-refractivity contribution in [3.63, 3.8) is 0 Å². The molecule has 9 heteroatoms. The summed E-state index contributed by atoms with van der Waals surface area (Å²) in [5, 5.41) is 0.669. The number of primary amides is 1. The first-order valence-electron chi connectivity index (χ1n) is 8.64. The summed E-state index contributed by atoms with van der Waals surface area (Å²) in [4.78, 5) is 29.4. The van der Waals surface area contributed by atoms with Crippen LogP contribution in [-0.2, 0) is 21.2 Å². The van der Waals surface area contributed by atoms with Gasteiger partial charge in [0.25, 0.3) is 5.91 Å². The van der Waals surface area contributed by atoms with Crippen LogP contribution < -0.4 is 16.4 Å². The first-order valence-corrected chi connectivity index (χ1v) is 10.5. The van der Waals surface area contributed by atoms with E-state index in [1.807, 2.05) is 0 Å². The zero-order chi connectivity index (χ0) is 21.3. The predicted molar refractivity (Wildman–Crippen MR) is 111 cm³/mol. The molecule has 0 aliphatic rings. The average Bonchev–Trinajstić information content (AvgIpc) is 2.64. The van der Waals surface area contributed by atoms with E-state index >= 15 is 0 Å². The Hall–Kier alpha value is -3.46. The Morgan fingerprint density at radius 2 is 1.79 bits per heavy atom. The van der Waals surface area contributed by atoms with Gasteiger partial charge in [-0.2, -0.15) is 0 Å². The van der Waals surface area contributed by atoms with Crippen LogP contribution in [0.25, 0.3) is 10.9 Å². The van der Waals surface area contributed by atoms with Crippen LogP contribution in [0, 0.1) is 0 Å². The van der Waals surface area contributed by atoms with Crippen molar-refractivity contribution in [3.8, 4) is 0 Å². The lowest BCUT2D eigenvalue weighted by molar-refractivity contribution is -0.116. The Bertz CT molecular complexity index is 1240. The number of para-hydroxylation sites is 1. The van der Waals surface area contributed by atoms with Crippen LogP contribution in [0.4, 0.5) is 11.5 Å². The summed E-state index contributed by atoms with van der Waals surface area (Å²) in [7, 11) is -3.52. The van der Waals surface area contributed by atoms with Gasteiger partial charge in [0.15, 0.2) is 9.84 Å². The zero-order valence-corrected chi connectivity index (χ0v) is 16.7. The number of sulfone groups is 1. The van der Waals surface area contributed by atoms with Crippen LogP contribution >= 0.6 is 0 Å². The lowest BCUT2D eigenvalue weighted by atomic mass is 10.1. The summed E-state index contributed by atoms with van der Waals surface area (Å²) in [5.41, 5.74) is 12.8. The normalized spacial score (nSPS) is 11.4. The Morgan fingerprint density at radius 1 is 1.10 bits per heavy atom. The van der Waals surface area contributed by atoms with E-state index in [1.165, 1.54) is 17.9 Å². The summed E-state index contributed by atoms with van der Waals surface area (Å²) in [6, 6.07) is 13.1. The monoisotopic (exact) mass is 412 g/mol. The highest BCUT2D eigenvalue weighted by molar-refractivity contribution is 7.90. The number of hydrogen-bond donors (Lipinski definition) is 2. The van der Waals surface area contributed by atoms with Crippen LogP contribution in [0.15, 0.2) is 53.4 Å². The van der Waals surface area contributed by atoms with E-state index in [1.54, 1.807) is 42.5 Å². The van der Waals surface area contributed by atoms with E-state index in [2.05, 4.69) is 4.98 Å². The van der Waals surface area contributed by atoms with Crippen LogP contribution in [0.2, 0.25) is 0 Å². The number of carbonyl (C=O) groups is 2. The molecule has 2 amide bonds. The number of nitrogens with zero attached hydrogens (tertiary/aromatic N) is 2. The number of aromatic nitrogens is 1. The molecule has 0 bridgehead atoms. The predicted octanol–water partition coefficient (Wildman–Crippen LogP) is 1.87. The van der Waals surface area contributed by atoms with Crippen LogP contribution in [0.3, 0.4) is 0 Å². The quantitative estimate of drug-likeness (QED) is 0.656. The molecule has 0 saturated heterocycles. The topological polar surface area (TPSA) is 136 Å².